The summed E-state index contributed by atoms with van der Waals surface area (Å²) in [7, 11) is 3.19. The van der Waals surface area contributed by atoms with Gasteiger partial charge in [0.05, 0.1) is 5.54 Å². The summed E-state index contributed by atoms with van der Waals surface area (Å²) in [4.78, 5) is 72.7. The van der Waals surface area contributed by atoms with Crippen LogP contribution in [-0.2, 0) is 33.0 Å². The van der Waals surface area contributed by atoms with E-state index < -0.39 is 52.1 Å². The van der Waals surface area contributed by atoms with Crippen LogP contribution < -0.4 is 16.2 Å². The zero-order chi connectivity index (χ0) is 29.5. The molecule has 4 amide bonds. The number of aromatic nitrogens is 2. The average Bonchev–Trinajstić information content (AvgIpc) is 3.33. The number of likely N-dealkylation sites (tertiary alicyclic amines) is 1. The molecule has 4 heterocycles. The minimum Gasteiger partial charge on any atom is -0.501 e. The van der Waals surface area contributed by atoms with Crippen molar-refractivity contribution in [2.45, 2.75) is 63.2 Å². The number of nitrogens with zero attached hydrogens (tertiary/aromatic N) is 4. The van der Waals surface area contributed by atoms with Gasteiger partial charge in [-0.3, -0.25) is 28.5 Å². The van der Waals surface area contributed by atoms with E-state index in [4.69, 9.17) is 0 Å². The van der Waals surface area contributed by atoms with Crippen molar-refractivity contribution in [1.29, 1.82) is 0 Å². The van der Waals surface area contributed by atoms with Crippen LogP contribution in [0.5, 0.6) is 5.75 Å². The Morgan fingerprint density at radius 2 is 1.80 bits per heavy atom. The van der Waals surface area contributed by atoms with Crippen molar-refractivity contribution in [2.24, 2.45) is 5.92 Å². The molecule has 4 aliphatic rings. The van der Waals surface area contributed by atoms with Crippen LogP contribution in [-0.4, -0.2) is 74.8 Å². The minimum atomic E-state index is -1.22. The van der Waals surface area contributed by atoms with Crippen LogP contribution >= 0.6 is 0 Å². The zero-order valence-electron chi connectivity index (χ0n) is 23.0. The molecule has 1 saturated heterocycles. The van der Waals surface area contributed by atoms with Gasteiger partial charge in [0.2, 0.25) is 11.7 Å². The molecule has 1 aromatic heterocycles. The molecule has 2 bridgehead atoms. The number of rotatable bonds is 5. The monoisotopic (exact) mass is 568 g/mol. The van der Waals surface area contributed by atoms with Crippen LogP contribution in [0.3, 0.4) is 0 Å². The minimum absolute atomic E-state index is 0.000222. The number of nitrogens with one attached hydrogen (secondary N) is 2. The highest BCUT2D eigenvalue weighted by atomic mass is 19.1. The van der Waals surface area contributed by atoms with Crippen LogP contribution in [0, 0.1) is 11.7 Å². The summed E-state index contributed by atoms with van der Waals surface area (Å²) < 4.78 is 14.5. The Kier molecular flexibility index (Phi) is 7.54. The fourth-order valence-electron chi connectivity index (χ4n) is 6.09. The normalized spacial score (nSPS) is 23.0. The molecule has 218 valence electrons. The average molecular weight is 569 g/mol. The molecule has 41 heavy (non-hydrogen) atoms. The summed E-state index contributed by atoms with van der Waals surface area (Å²) in [6.07, 6.45) is 3.07. The molecule has 3 aliphatic heterocycles. The molecule has 13 heteroatoms. The van der Waals surface area contributed by atoms with E-state index in [0.29, 0.717) is 44.1 Å². The van der Waals surface area contributed by atoms with E-state index in [2.05, 4.69) is 15.6 Å². The molecule has 1 aromatic carbocycles. The van der Waals surface area contributed by atoms with E-state index in [1.165, 1.54) is 38.6 Å². The van der Waals surface area contributed by atoms with Gasteiger partial charge in [-0.05, 0) is 62.1 Å². The molecule has 0 unspecified atom stereocenters. The fourth-order valence-corrected chi connectivity index (χ4v) is 6.09. The van der Waals surface area contributed by atoms with E-state index in [-0.39, 0.29) is 37.3 Å². The van der Waals surface area contributed by atoms with E-state index in [1.807, 2.05) is 0 Å². The van der Waals surface area contributed by atoms with Crippen molar-refractivity contribution in [3.05, 3.63) is 57.5 Å². The second kappa shape index (κ2) is 10.9. The fraction of sp³-hybridized carbons (Fsp3) is 0.500. The smallest absolute Gasteiger partial charge is 0.312 e. The van der Waals surface area contributed by atoms with E-state index in [0.717, 1.165) is 0 Å². The van der Waals surface area contributed by atoms with Crippen LogP contribution in [0.15, 0.2) is 29.1 Å². The van der Waals surface area contributed by atoms with Crippen molar-refractivity contribution >= 4 is 23.6 Å². The van der Waals surface area contributed by atoms with E-state index in [9.17, 15) is 33.5 Å². The highest BCUT2D eigenvalue weighted by molar-refractivity contribution is 6.35. The molecule has 2 aromatic rings. The second-order valence-corrected chi connectivity index (χ2v) is 11.2. The number of fused-ring (bicyclic) bond motifs is 2. The zero-order valence-corrected chi connectivity index (χ0v) is 23.0. The van der Waals surface area contributed by atoms with Crippen molar-refractivity contribution in [3.63, 3.8) is 0 Å². The quantitative estimate of drug-likeness (QED) is 0.447. The Morgan fingerprint density at radius 1 is 1.12 bits per heavy atom. The van der Waals surface area contributed by atoms with Crippen molar-refractivity contribution in [2.75, 3.05) is 20.6 Å². The summed E-state index contributed by atoms with van der Waals surface area (Å²) in [5.74, 6) is -3.87. The molecule has 0 spiro atoms. The molecule has 3 N–H and O–H groups in total. The van der Waals surface area contributed by atoms with Gasteiger partial charge in [-0.25, -0.2) is 9.37 Å². The number of hydrogen-bond donors (Lipinski definition) is 3. The summed E-state index contributed by atoms with van der Waals surface area (Å²) >= 11 is 0. The van der Waals surface area contributed by atoms with Crippen LogP contribution in [0.25, 0.3) is 0 Å². The van der Waals surface area contributed by atoms with Crippen molar-refractivity contribution in [3.8, 4) is 5.75 Å². The molecule has 6 rings (SSSR count). The number of benzene rings is 1. The van der Waals surface area contributed by atoms with Gasteiger partial charge in [0, 0.05) is 33.7 Å². The SMILES string of the molecule is CN(C)C(=O)[C@@H]1CCCN1C(=O)C(=O)NC12CCC(CC1)Cn1c2nc(C(=O)NCc2ccc(F)cc2)c(O)c1=O. The van der Waals surface area contributed by atoms with Gasteiger partial charge < -0.3 is 25.5 Å². The third kappa shape index (κ3) is 5.27. The van der Waals surface area contributed by atoms with Crippen molar-refractivity contribution in [1.82, 2.24) is 30.0 Å². The predicted molar refractivity (Wildman–Crippen MR) is 143 cm³/mol. The number of amides is 4. The maximum atomic E-state index is 13.4. The lowest BCUT2D eigenvalue weighted by Gasteiger charge is -2.37. The molecular weight excluding hydrogens is 535 g/mol. The number of carbonyl (C=O) groups excluding carboxylic acids is 4. The Hall–Kier alpha value is -4.29. The number of carbonyl (C=O) groups is 4. The molecule has 1 saturated carbocycles. The first-order chi connectivity index (χ1) is 19.5. The van der Waals surface area contributed by atoms with Gasteiger partial charge in [0.15, 0.2) is 5.69 Å². The van der Waals surface area contributed by atoms with E-state index >= 15 is 0 Å². The molecule has 2 fully saturated rings. The maximum absolute atomic E-state index is 13.4. The first-order valence-corrected chi connectivity index (χ1v) is 13.7. The second-order valence-electron chi connectivity index (χ2n) is 11.2. The number of halogens is 1. The predicted octanol–water partition coefficient (Wildman–Crippen LogP) is 0.613. The topological polar surface area (TPSA) is 154 Å². The van der Waals surface area contributed by atoms with Crippen LogP contribution in [0.2, 0.25) is 0 Å². The number of likely N-dealkylation sites (N-methyl/N-ethyl adjacent to an activating group) is 1. The first kappa shape index (κ1) is 28.2. The Morgan fingerprint density at radius 3 is 2.46 bits per heavy atom. The Labute approximate surface area is 235 Å². The van der Waals surface area contributed by atoms with Gasteiger partial charge in [-0.2, -0.15) is 0 Å². The van der Waals surface area contributed by atoms with E-state index in [1.54, 1.807) is 14.1 Å². The molecule has 12 nitrogen and oxygen atoms in total. The summed E-state index contributed by atoms with van der Waals surface area (Å²) in [6.45, 7) is 0.523. The highest BCUT2D eigenvalue weighted by Gasteiger charge is 2.48. The lowest BCUT2D eigenvalue weighted by Crippen LogP contribution is -2.56. The van der Waals surface area contributed by atoms with Gasteiger partial charge in [-0.1, -0.05) is 12.1 Å². The van der Waals surface area contributed by atoms with Crippen molar-refractivity contribution < 1.29 is 28.7 Å². The van der Waals surface area contributed by atoms with Crippen LogP contribution in [0.1, 0.15) is 60.4 Å². The summed E-state index contributed by atoms with van der Waals surface area (Å²) in [6, 6.07) is 4.75. The summed E-state index contributed by atoms with van der Waals surface area (Å²) in [5.41, 5.74) is -1.93. The Bertz CT molecular complexity index is 1450. The largest absolute Gasteiger partial charge is 0.501 e. The summed E-state index contributed by atoms with van der Waals surface area (Å²) in [5, 5.41) is 16.1. The molecule has 1 atom stereocenters. The number of aromatic hydroxyl groups is 1. The van der Waals surface area contributed by atoms with Gasteiger partial charge >= 0.3 is 11.8 Å². The molecule has 0 radical (unpaired) electrons. The third-order valence-corrected chi connectivity index (χ3v) is 8.34. The lowest BCUT2D eigenvalue weighted by molar-refractivity contribution is -0.150. The van der Waals surface area contributed by atoms with Gasteiger partial charge in [-0.15, -0.1) is 0 Å². The van der Waals surface area contributed by atoms with Crippen LogP contribution in [0.4, 0.5) is 4.39 Å². The van der Waals surface area contributed by atoms with Gasteiger partial charge in [0.25, 0.3) is 11.5 Å². The standard InChI is InChI=1S/C28H33FN6O6/c1-33(2)24(39)19-4-3-13-34(19)26(41)23(38)32-28-11-9-17(10-12-28)15-35-25(40)21(36)20(31-27(28)35)22(37)30-14-16-5-7-18(29)8-6-16/h5-8,17,19,36H,3-4,9-15H2,1-2H3,(H,30,37)(H,32,38)/t17?,19-,28?/m0/s1. The molecular formula is C28H33FN6O6. The Balaban J connectivity index is 1.44. The number of hydrogen-bond acceptors (Lipinski definition) is 7. The lowest BCUT2D eigenvalue weighted by atomic mass is 9.77. The maximum Gasteiger partial charge on any atom is 0.312 e. The first-order valence-electron chi connectivity index (χ1n) is 13.7. The third-order valence-electron chi connectivity index (χ3n) is 8.34. The highest BCUT2D eigenvalue weighted by Crippen LogP contribution is 2.43. The molecule has 1 aliphatic carbocycles. The van der Waals surface area contributed by atoms with Gasteiger partial charge in [0.1, 0.15) is 17.7 Å².